The molecule has 4 nitrogen and oxygen atoms in total. The summed E-state index contributed by atoms with van der Waals surface area (Å²) in [4.78, 5) is 21.9. The van der Waals surface area contributed by atoms with E-state index in [1.807, 2.05) is 31.2 Å². The summed E-state index contributed by atoms with van der Waals surface area (Å²) in [5.41, 5.74) is 2.17. The number of aromatic nitrogens is 2. The van der Waals surface area contributed by atoms with Gasteiger partial charge in [-0.25, -0.2) is 9.97 Å². The summed E-state index contributed by atoms with van der Waals surface area (Å²) in [5.74, 6) is -1.35. The van der Waals surface area contributed by atoms with Gasteiger partial charge in [-0.1, -0.05) is 48.2 Å². The molecule has 1 unspecified atom stereocenters. The van der Waals surface area contributed by atoms with E-state index in [1.165, 1.54) is 6.07 Å². The van der Waals surface area contributed by atoms with Crippen LogP contribution in [0, 0.1) is 0 Å². The van der Waals surface area contributed by atoms with E-state index in [1.54, 1.807) is 23.1 Å². The van der Waals surface area contributed by atoms with Crippen molar-refractivity contribution >= 4 is 34.3 Å². The predicted octanol–water partition coefficient (Wildman–Crippen LogP) is 4.72. The third-order valence-corrected chi connectivity index (χ3v) is 5.61. The summed E-state index contributed by atoms with van der Waals surface area (Å²) in [5, 5.41) is 0.662. The molecule has 0 saturated heterocycles. The summed E-state index contributed by atoms with van der Waals surface area (Å²) in [6.07, 6.45) is -3.88. The topological polar surface area (TPSA) is 46.1 Å². The number of hydrogen-bond donors (Lipinski definition) is 0. The van der Waals surface area contributed by atoms with Crippen LogP contribution in [-0.4, -0.2) is 27.7 Å². The summed E-state index contributed by atoms with van der Waals surface area (Å²) < 4.78 is 39.4. The zero-order valence-electron chi connectivity index (χ0n) is 14.9. The molecule has 0 saturated carbocycles. The van der Waals surface area contributed by atoms with E-state index in [-0.39, 0.29) is 28.2 Å². The van der Waals surface area contributed by atoms with E-state index < -0.39 is 12.0 Å². The number of hydrogen-bond acceptors (Lipinski definition) is 4. The maximum absolute atomic E-state index is 13.1. The van der Waals surface area contributed by atoms with Crippen molar-refractivity contribution in [1.82, 2.24) is 9.97 Å². The highest BCUT2D eigenvalue weighted by molar-refractivity contribution is 8.00. The van der Waals surface area contributed by atoms with Gasteiger partial charge in [0.05, 0.1) is 11.3 Å². The first-order valence-electron chi connectivity index (χ1n) is 8.71. The Kier molecular flexibility index (Phi) is 4.74. The van der Waals surface area contributed by atoms with Crippen molar-refractivity contribution in [1.29, 1.82) is 0 Å². The average molecular weight is 403 g/mol. The Bertz CT molecular complexity index is 1050. The predicted molar refractivity (Wildman–Crippen MR) is 102 cm³/mol. The molecule has 0 radical (unpaired) electrons. The molecule has 144 valence electrons. The standard InChI is InChI=1S/C20H16F3N3OS/c1-12-10-13-6-2-5-9-16(13)26(12)17(27)11-28-18-14-7-3-4-8-15(14)24-19(25-18)20(21,22)23/h2-9,12H,10-11H2,1H3. The van der Waals surface area contributed by atoms with Gasteiger partial charge < -0.3 is 4.90 Å². The summed E-state index contributed by atoms with van der Waals surface area (Å²) in [6.45, 7) is 1.96. The molecule has 0 aliphatic carbocycles. The lowest BCUT2D eigenvalue weighted by molar-refractivity contribution is -0.145. The minimum Gasteiger partial charge on any atom is -0.308 e. The summed E-state index contributed by atoms with van der Waals surface area (Å²) >= 11 is 1.01. The molecule has 0 fully saturated rings. The van der Waals surface area contributed by atoms with Crippen LogP contribution < -0.4 is 4.90 Å². The highest BCUT2D eigenvalue weighted by atomic mass is 32.2. The molecule has 1 aliphatic rings. The monoisotopic (exact) mass is 403 g/mol. The number of alkyl halides is 3. The molecule has 0 N–H and O–H groups in total. The van der Waals surface area contributed by atoms with Crippen molar-refractivity contribution in [2.24, 2.45) is 0 Å². The zero-order chi connectivity index (χ0) is 19.9. The van der Waals surface area contributed by atoms with Gasteiger partial charge in [0.15, 0.2) is 0 Å². The van der Waals surface area contributed by atoms with Crippen LogP contribution in [0.4, 0.5) is 18.9 Å². The maximum Gasteiger partial charge on any atom is 0.451 e. The Morgan fingerprint density at radius 3 is 2.64 bits per heavy atom. The number of nitrogens with zero attached hydrogens (tertiary/aromatic N) is 3. The van der Waals surface area contributed by atoms with Crippen LogP contribution in [0.5, 0.6) is 0 Å². The molecule has 2 aromatic carbocycles. The van der Waals surface area contributed by atoms with Crippen molar-refractivity contribution in [3.8, 4) is 0 Å². The molecule has 0 spiro atoms. The summed E-state index contributed by atoms with van der Waals surface area (Å²) in [7, 11) is 0. The number of carbonyl (C=O) groups is 1. The first-order chi connectivity index (χ1) is 13.3. The van der Waals surface area contributed by atoms with Crippen LogP contribution in [0.15, 0.2) is 53.6 Å². The van der Waals surface area contributed by atoms with E-state index in [4.69, 9.17) is 0 Å². The van der Waals surface area contributed by atoms with Crippen molar-refractivity contribution in [3.63, 3.8) is 0 Å². The molecule has 1 aliphatic heterocycles. The van der Waals surface area contributed by atoms with Crippen LogP contribution in [0.25, 0.3) is 10.9 Å². The lowest BCUT2D eigenvalue weighted by atomic mass is 10.1. The molecule has 1 amide bonds. The summed E-state index contributed by atoms with van der Waals surface area (Å²) in [6, 6.07) is 14.2. The first-order valence-corrected chi connectivity index (χ1v) is 9.70. The molecular formula is C20H16F3N3OS. The lowest BCUT2D eigenvalue weighted by Gasteiger charge is -2.22. The Morgan fingerprint density at radius 1 is 1.14 bits per heavy atom. The van der Waals surface area contributed by atoms with E-state index in [2.05, 4.69) is 9.97 Å². The van der Waals surface area contributed by atoms with Crippen LogP contribution >= 0.6 is 11.8 Å². The van der Waals surface area contributed by atoms with Crippen LogP contribution in [0.1, 0.15) is 18.3 Å². The first kappa shape index (κ1) is 18.7. The smallest absolute Gasteiger partial charge is 0.308 e. The van der Waals surface area contributed by atoms with Gasteiger partial charge in [-0.15, -0.1) is 0 Å². The molecule has 0 bridgehead atoms. The normalized spacial score (nSPS) is 16.4. The molecular weight excluding hydrogens is 387 g/mol. The van der Waals surface area contributed by atoms with E-state index >= 15 is 0 Å². The van der Waals surface area contributed by atoms with Gasteiger partial charge in [0.2, 0.25) is 11.7 Å². The third-order valence-electron chi connectivity index (χ3n) is 4.63. The number of thioether (sulfide) groups is 1. The SMILES string of the molecule is CC1Cc2ccccc2N1C(=O)CSc1nc(C(F)(F)F)nc2ccccc12. The fraction of sp³-hybridized carbons (Fsp3) is 0.250. The van der Waals surface area contributed by atoms with Crippen molar-refractivity contribution in [2.45, 2.75) is 30.6 Å². The number of amides is 1. The van der Waals surface area contributed by atoms with Gasteiger partial charge in [-0.3, -0.25) is 4.79 Å². The Balaban J connectivity index is 1.62. The van der Waals surface area contributed by atoms with Gasteiger partial charge in [0, 0.05) is 17.1 Å². The fourth-order valence-electron chi connectivity index (χ4n) is 3.43. The highest BCUT2D eigenvalue weighted by Crippen LogP contribution is 2.35. The second kappa shape index (κ2) is 7.09. The molecule has 28 heavy (non-hydrogen) atoms. The van der Waals surface area contributed by atoms with Crippen molar-refractivity contribution in [2.75, 3.05) is 10.7 Å². The van der Waals surface area contributed by atoms with Crippen LogP contribution in [0.3, 0.4) is 0 Å². The molecule has 8 heteroatoms. The van der Waals surface area contributed by atoms with Crippen molar-refractivity contribution in [3.05, 3.63) is 59.9 Å². The van der Waals surface area contributed by atoms with E-state index in [0.29, 0.717) is 5.39 Å². The van der Waals surface area contributed by atoms with Crippen LogP contribution in [-0.2, 0) is 17.4 Å². The number of halogens is 3. The molecule has 3 aromatic rings. The molecule has 1 aromatic heterocycles. The van der Waals surface area contributed by atoms with Crippen molar-refractivity contribution < 1.29 is 18.0 Å². The average Bonchev–Trinajstić information content (AvgIpc) is 3.00. The largest absolute Gasteiger partial charge is 0.451 e. The van der Waals surface area contributed by atoms with E-state index in [0.717, 1.165) is 29.4 Å². The molecule has 4 rings (SSSR count). The van der Waals surface area contributed by atoms with Gasteiger partial charge in [-0.05, 0) is 31.0 Å². The number of carbonyl (C=O) groups excluding carboxylic acids is 1. The Morgan fingerprint density at radius 2 is 1.86 bits per heavy atom. The lowest BCUT2D eigenvalue weighted by Crippen LogP contribution is -2.37. The quantitative estimate of drug-likeness (QED) is 0.469. The number of fused-ring (bicyclic) bond motifs is 2. The minimum atomic E-state index is -4.65. The van der Waals surface area contributed by atoms with Gasteiger partial charge in [0.25, 0.3) is 0 Å². The number of rotatable bonds is 3. The van der Waals surface area contributed by atoms with Gasteiger partial charge in [-0.2, -0.15) is 13.2 Å². The molecule has 1 atom stereocenters. The minimum absolute atomic E-state index is 0.00300. The molecule has 2 heterocycles. The van der Waals surface area contributed by atoms with Gasteiger partial charge in [0.1, 0.15) is 5.03 Å². The number of anilines is 1. The van der Waals surface area contributed by atoms with E-state index in [9.17, 15) is 18.0 Å². The second-order valence-corrected chi connectivity index (χ2v) is 7.57. The Labute approximate surface area is 163 Å². The second-order valence-electron chi connectivity index (χ2n) is 6.60. The highest BCUT2D eigenvalue weighted by Gasteiger charge is 2.36. The fourth-order valence-corrected chi connectivity index (χ4v) is 4.31. The Hall–Kier alpha value is -2.61. The number of benzene rings is 2. The number of para-hydroxylation sites is 2. The van der Waals surface area contributed by atoms with Crippen LogP contribution in [0.2, 0.25) is 0 Å². The zero-order valence-corrected chi connectivity index (χ0v) is 15.7. The third kappa shape index (κ3) is 3.44. The maximum atomic E-state index is 13.1. The van der Waals surface area contributed by atoms with Gasteiger partial charge >= 0.3 is 6.18 Å².